The molecule has 0 unspecified atom stereocenters. The molecule has 222 valence electrons. The van der Waals surface area contributed by atoms with E-state index in [9.17, 15) is 0 Å². The summed E-state index contributed by atoms with van der Waals surface area (Å²) in [5.74, 6) is 0. The zero-order valence-electron chi connectivity index (χ0n) is 26.3. The van der Waals surface area contributed by atoms with Gasteiger partial charge in [-0.05, 0) is 50.2 Å². The van der Waals surface area contributed by atoms with Crippen molar-refractivity contribution in [3.63, 3.8) is 0 Å². The van der Waals surface area contributed by atoms with E-state index in [0.717, 1.165) is 39.1 Å². The number of benzene rings is 6. The molecule has 1 aliphatic carbocycles. The molecule has 3 nitrogen and oxygen atoms in total. The van der Waals surface area contributed by atoms with Crippen molar-refractivity contribution in [3.05, 3.63) is 163 Å². The van der Waals surface area contributed by atoms with Crippen LogP contribution in [0.5, 0.6) is 0 Å². The van der Waals surface area contributed by atoms with Gasteiger partial charge in [-0.1, -0.05) is 147 Å². The van der Waals surface area contributed by atoms with Gasteiger partial charge in [0.15, 0.2) is 0 Å². The average Bonchev–Trinajstić information content (AvgIpc) is 3.36. The van der Waals surface area contributed by atoms with Gasteiger partial charge in [-0.15, -0.1) is 0 Å². The van der Waals surface area contributed by atoms with E-state index in [2.05, 4.69) is 135 Å². The molecular formula is C44H31N3. The van der Waals surface area contributed by atoms with Crippen LogP contribution in [0.3, 0.4) is 0 Å². The predicted octanol–water partition coefficient (Wildman–Crippen LogP) is 11.2. The van der Waals surface area contributed by atoms with Gasteiger partial charge in [-0.25, -0.2) is 4.98 Å². The average molecular weight is 602 g/mol. The monoisotopic (exact) mass is 601 g/mol. The van der Waals surface area contributed by atoms with Crippen LogP contribution >= 0.6 is 0 Å². The molecule has 0 bridgehead atoms. The van der Waals surface area contributed by atoms with E-state index in [-0.39, 0.29) is 5.41 Å². The Morgan fingerprint density at radius 1 is 0.447 bits per heavy atom. The first-order chi connectivity index (χ1) is 23.1. The van der Waals surface area contributed by atoms with Gasteiger partial charge in [0.1, 0.15) is 0 Å². The number of aromatic nitrogens is 3. The Hall–Kier alpha value is -5.93. The zero-order chi connectivity index (χ0) is 31.5. The molecule has 0 amide bonds. The zero-order valence-corrected chi connectivity index (χ0v) is 26.3. The number of pyridine rings is 1. The number of nitrogens with zero attached hydrogens (tertiary/aromatic N) is 3. The van der Waals surface area contributed by atoms with Crippen LogP contribution in [0, 0.1) is 0 Å². The maximum atomic E-state index is 5.22. The first-order valence-electron chi connectivity index (χ1n) is 16.1. The lowest BCUT2D eigenvalue weighted by molar-refractivity contribution is 0.662. The smallest absolute Gasteiger partial charge is 0.0891 e. The van der Waals surface area contributed by atoms with E-state index in [1.807, 2.05) is 30.6 Å². The summed E-state index contributed by atoms with van der Waals surface area (Å²) in [7, 11) is 0. The van der Waals surface area contributed by atoms with Gasteiger partial charge in [0, 0.05) is 27.5 Å². The number of para-hydroxylation sites is 1. The second kappa shape index (κ2) is 10.6. The Labute approximate surface area is 274 Å². The van der Waals surface area contributed by atoms with E-state index in [1.54, 1.807) is 0 Å². The second-order valence-corrected chi connectivity index (χ2v) is 12.8. The molecule has 0 N–H and O–H groups in total. The Bertz CT molecular complexity index is 2460. The fourth-order valence-electron chi connectivity index (χ4n) is 7.50. The quantitative estimate of drug-likeness (QED) is 0.201. The fraction of sp³-hybridized carbons (Fsp3) is 0.0682. The van der Waals surface area contributed by atoms with Crippen LogP contribution in [0.4, 0.5) is 0 Å². The lowest BCUT2D eigenvalue weighted by Gasteiger charge is -2.25. The van der Waals surface area contributed by atoms with Crippen molar-refractivity contribution >= 4 is 21.7 Å². The van der Waals surface area contributed by atoms with Crippen LogP contribution in [0.2, 0.25) is 0 Å². The molecule has 0 fully saturated rings. The Morgan fingerprint density at radius 3 is 1.81 bits per heavy atom. The highest BCUT2D eigenvalue weighted by molar-refractivity contribution is 6.05. The second-order valence-electron chi connectivity index (χ2n) is 12.8. The molecule has 0 aliphatic heterocycles. The molecule has 6 aromatic carbocycles. The van der Waals surface area contributed by atoms with Crippen molar-refractivity contribution in [1.82, 2.24) is 15.0 Å². The molecule has 0 spiro atoms. The van der Waals surface area contributed by atoms with E-state index in [1.165, 1.54) is 49.7 Å². The van der Waals surface area contributed by atoms with Gasteiger partial charge < -0.3 is 0 Å². The summed E-state index contributed by atoms with van der Waals surface area (Å²) < 4.78 is 0. The van der Waals surface area contributed by atoms with Crippen molar-refractivity contribution in [1.29, 1.82) is 0 Å². The lowest BCUT2D eigenvalue weighted by atomic mass is 9.78. The molecule has 0 saturated carbocycles. The summed E-state index contributed by atoms with van der Waals surface area (Å²) in [5, 5.41) is 3.54. The first-order valence-corrected chi connectivity index (χ1v) is 16.1. The SMILES string of the molecule is CC1(C)c2ccccc2-c2nc3ccccc3c(-c3ccc(-c4ccc(-c5cnc(-c6ccccc6)cn5)c5ccccc45)cc3)c21. The number of fused-ring (bicyclic) bond motifs is 5. The highest BCUT2D eigenvalue weighted by Crippen LogP contribution is 2.53. The molecule has 3 heteroatoms. The van der Waals surface area contributed by atoms with E-state index in [4.69, 9.17) is 15.0 Å². The minimum absolute atomic E-state index is 0.162. The van der Waals surface area contributed by atoms with Crippen LogP contribution in [0.25, 0.3) is 77.7 Å². The largest absolute Gasteiger partial charge is 0.252 e. The molecule has 1 aliphatic rings. The molecule has 2 aromatic heterocycles. The topological polar surface area (TPSA) is 38.7 Å². The van der Waals surface area contributed by atoms with Gasteiger partial charge in [0.25, 0.3) is 0 Å². The van der Waals surface area contributed by atoms with Crippen molar-refractivity contribution in [2.24, 2.45) is 0 Å². The molecular weight excluding hydrogens is 571 g/mol. The van der Waals surface area contributed by atoms with E-state index in [0.29, 0.717) is 0 Å². The Morgan fingerprint density at radius 2 is 1.04 bits per heavy atom. The Balaban J connectivity index is 1.15. The number of rotatable bonds is 4. The maximum absolute atomic E-state index is 5.22. The number of hydrogen-bond donors (Lipinski definition) is 0. The molecule has 0 radical (unpaired) electrons. The third kappa shape index (κ3) is 4.31. The molecule has 0 saturated heterocycles. The lowest BCUT2D eigenvalue weighted by Crippen LogP contribution is -2.16. The van der Waals surface area contributed by atoms with Crippen LogP contribution < -0.4 is 0 Å². The van der Waals surface area contributed by atoms with E-state index < -0.39 is 0 Å². The van der Waals surface area contributed by atoms with Gasteiger partial charge in [-0.2, -0.15) is 0 Å². The van der Waals surface area contributed by atoms with Crippen LogP contribution in [-0.4, -0.2) is 15.0 Å². The summed E-state index contributed by atoms with van der Waals surface area (Å²) in [6, 6.07) is 49.6. The van der Waals surface area contributed by atoms with Crippen molar-refractivity contribution < 1.29 is 0 Å². The molecule has 9 rings (SSSR count). The minimum Gasteiger partial charge on any atom is -0.252 e. The van der Waals surface area contributed by atoms with Gasteiger partial charge in [0.2, 0.25) is 0 Å². The third-order valence-electron chi connectivity index (χ3n) is 9.78. The summed E-state index contributed by atoms with van der Waals surface area (Å²) in [6.07, 6.45) is 3.75. The predicted molar refractivity (Wildman–Crippen MR) is 194 cm³/mol. The van der Waals surface area contributed by atoms with E-state index >= 15 is 0 Å². The van der Waals surface area contributed by atoms with Gasteiger partial charge >= 0.3 is 0 Å². The van der Waals surface area contributed by atoms with Crippen molar-refractivity contribution in [2.75, 3.05) is 0 Å². The van der Waals surface area contributed by atoms with Gasteiger partial charge in [0.05, 0.1) is 35.0 Å². The molecule has 2 heterocycles. The summed E-state index contributed by atoms with van der Waals surface area (Å²) in [5.41, 5.74) is 14.6. The first kappa shape index (κ1) is 27.4. The maximum Gasteiger partial charge on any atom is 0.0891 e. The summed E-state index contributed by atoms with van der Waals surface area (Å²) in [6.45, 7) is 4.67. The Kier molecular flexibility index (Phi) is 6.16. The van der Waals surface area contributed by atoms with Crippen LogP contribution in [0.1, 0.15) is 25.0 Å². The molecule has 47 heavy (non-hydrogen) atoms. The summed E-state index contributed by atoms with van der Waals surface area (Å²) in [4.78, 5) is 14.8. The standard InChI is InChI=1S/C44H31N3/c1-44(2)37-18-10-8-16-35(37)43-42(44)41(36-17-9-11-19-38(36)47-43)30-22-20-28(21-23-30)31-24-25-34(33-15-7-6-14-32(31)33)40-27-45-39(26-46-40)29-12-4-3-5-13-29/h3-27H,1-2H3. The van der Waals surface area contributed by atoms with Gasteiger partial charge in [-0.3, -0.25) is 9.97 Å². The normalized spacial score (nSPS) is 13.1. The molecule has 0 atom stereocenters. The highest BCUT2D eigenvalue weighted by atomic mass is 14.8. The summed E-state index contributed by atoms with van der Waals surface area (Å²) >= 11 is 0. The van der Waals surface area contributed by atoms with Crippen molar-refractivity contribution in [2.45, 2.75) is 19.3 Å². The van der Waals surface area contributed by atoms with Crippen LogP contribution in [0.15, 0.2) is 152 Å². The van der Waals surface area contributed by atoms with Crippen molar-refractivity contribution in [3.8, 4) is 56.0 Å². The minimum atomic E-state index is -0.162. The molecule has 8 aromatic rings. The third-order valence-corrected chi connectivity index (χ3v) is 9.78. The number of hydrogen-bond acceptors (Lipinski definition) is 3. The highest BCUT2D eigenvalue weighted by Gasteiger charge is 2.39. The van der Waals surface area contributed by atoms with Crippen LogP contribution in [-0.2, 0) is 5.41 Å². The fourth-order valence-corrected chi connectivity index (χ4v) is 7.50.